The normalized spacial score (nSPS) is 10.7. The Hall–Kier alpha value is -2.40. The molecular formula is C18H18N2O2S. The van der Waals surface area contributed by atoms with Gasteiger partial charge in [0.1, 0.15) is 5.75 Å². The van der Waals surface area contributed by atoms with Crippen LogP contribution < -0.4 is 10.1 Å². The lowest BCUT2D eigenvalue weighted by Crippen LogP contribution is -2.11. The second-order valence-corrected chi connectivity index (χ2v) is 6.20. The Balaban J connectivity index is 1.71. The van der Waals surface area contributed by atoms with Crippen LogP contribution in [0.2, 0.25) is 0 Å². The van der Waals surface area contributed by atoms with E-state index in [1.165, 1.54) is 11.3 Å². The molecule has 0 saturated heterocycles. The van der Waals surface area contributed by atoms with Gasteiger partial charge < -0.3 is 4.74 Å². The third-order valence-corrected chi connectivity index (χ3v) is 4.33. The first kappa shape index (κ1) is 15.5. The molecule has 0 aliphatic carbocycles. The second kappa shape index (κ2) is 7.24. The van der Waals surface area contributed by atoms with Crippen LogP contribution in [0.3, 0.4) is 0 Å². The number of carbonyl (C=O) groups is 1. The van der Waals surface area contributed by atoms with Crippen LogP contribution in [0.4, 0.5) is 5.13 Å². The zero-order chi connectivity index (χ0) is 16.1. The van der Waals surface area contributed by atoms with Crippen LogP contribution in [0.15, 0.2) is 48.5 Å². The predicted octanol–water partition coefficient (Wildman–Crippen LogP) is 4.73. The zero-order valence-corrected chi connectivity index (χ0v) is 13.7. The molecule has 1 N–H and O–H groups in total. The molecule has 3 rings (SSSR count). The number of unbranched alkanes of at least 4 members (excludes halogenated alkanes) is 1. The van der Waals surface area contributed by atoms with E-state index in [9.17, 15) is 4.79 Å². The summed E-state index contributed by atoms with van der Waals surface area (Å²) in [6, 6.07) is 15.1. The van der Waals surface area contributed by atoms with Crippen molar-refractivity contribution in [3.63, 3.8) is 0 Å². The average molecular weight is 326 g/mol. The van der Waals surface area contributed by atoms with Crippen molar-refractivity contribution in [1.82, 2.24) is 4.98 Å². The summed E-state index contributed by atoms with van der Waals surface area (Å²) in [4.78, 5) is 16.8. The molecular weight excluding hydrogens is 308 g/mol. The maximum absolute atomic E-state index is 12.4. The monoisotopic (exact) mass is 326 g/mol. The van der Waals surface area contributed by atoms with Gasteiger partial charge in [0, 0.05) is 5.56 Å². The van der Waals surface area contributed by atoms with E-state index in [4.69, 9.17) is 4.74 Å². The summed E-state index contributed by atoms with van der Waals surface area (Å²) in [7, 11) is 0. The van der Waals surface area contributed by atoms with E-state index in [0.29, 0.717) is 17.3 Å². The van der Waals surface area contributed by atoms with E-state index >= 15 is 0 Å². The number of hydrogen-bond acceptors (Lipinski definition) is 4. The van der Waals surface area contributed by atoms with Gasteiger partial charge >= 0.3 is 0 Å². The highest BCUT2D eigenvalue weighted by Crippen LogP contribution is 2.26. The number of hydrogen-bond donors (Lipinski definition) is 1. The summed E-state index contributed by atoms with van der Waals surface area (Å²) >= 11 is 1.47. The largest absolute Gasteiger partial charge is 0.494 e. The third kappa shape index (κ3) is 3.87. The number of thiazole rings is 1. The minimum atomic E-state index is -0.176. The van der Waals surface area contributed by atoms with Crippen molar-refractivity contribution < 1.29 is 9.53 Å². The van der Waals surface area contributed by atoms with Crippen molar-refractivity contribution in [2.75, 3.05) is 11.9 Å². The topological polar surface area (TPSA) is 51.2 Å². The lowest BCUT2D eigenvalue weighted by molar-refractivity contribution is 0.102. The summed E-state index contributed by atoms with van der Waals surface area (Å²) in [6.45, 7) is 2.78. The van der Waals surface area contributed by atoms with Crippen molar-refractivity contribution in [3.8, 4) is 5.75 Å². The Morgan fingerprint density at radius 3 is 2.91 bits per heavy atom. The molecule has 1 heterocycles. The highest BCUT2D eigenvalue weighted by atomic mass is 32.1. The van der Waals surface area contributed by atoms with Gasteiger partial charge in [0.05, 0.1) is 16.8 Å². The zero-order valence-electron chi connectivity index (χ0n) is 12.9. The van der Waals surface area contributed by atoms with Gasteiger partial charge in [-0.2, -0.15) is 0 Å². The van der Waals surface area contributed by atoms with E-state index < -0.39 is 0 Å². The number of amides is 1. The Morgan fingerprint density at radius 2 is 2.09 bits per heavy atom. The first-order chi connectivity index (χ1) is 11.3. The summed E-state index contributed by atoms with van der Waals surface area (Å²) in [5.41, 5.74) is 1.46. The molecule has 0 radical (unpaired) electrons. The van der Waals surface area contributed by atoms with Gasteiger partial charge in [0.25, 0.3) is 5.91 Å². The molecule has 23 heavy (non-hydrogen) atoms. The summed E-state index contributed by atoms with van der Waals surface area (Å²) in [6.07, 6.45) is 2.08. The number of para-hydroxylation sites is 1. The summed E-state index contributed by atoms with van der Waals surface area (Å²) < 4.78 is 6.70. The fourth-order valence-corrected chi connectivity index (χ4v) is 3.02. The molecule has 0 atom stereocenters. The maximum Gasteiger partial charge on any atom is 0.257 e. The van der Waals surface area contributed by atoms with Crippen LogP contribution in [0.25, 0.3) is 10.2 Å². The molecule has 0 bridgehead atoms. The maximum atomic E-state index is 12.4. The lowest BCUT2D eigenvalue weighted by atomic mass is 10.2. The number of carbonyl (C=O) groups excluding carboxylic acids is 1. The number of benzene rings is 2. The Morgan fingerprint density at radius 1 is 1.22 bits per heavy atom. The number of anilines is 1. The van der Waals surface area contributed by atoms with Gasteiger partial charge in [-0.05, 0) is 36.8 Å². The van der Waals surface area contributed by atoms with Crippen LogP contribution in [-0.4, -0.2) is 17.5 Å². The molecule has 0 unspecified atom stereocenters. The van der Waals surface area contributed by atoms with Gasteiger partial charge in [-0.25, -0.2) is 4.98 Å². The first-order valence-electron chi connectivity index (χ1n) is 7.66. The van der Waals surface area contributed by atoms with Gasteiger partial charge in [0.15, 0.2) is 5.13 Å². The molecule has 5 heteroatoms. The molecule has 2 aromatic carbocycles. The van der Waals surface area contributed by atoms with Gasteiger partial charge in [-0.3, -0.25) is 10.1 Å². The molecule has 0 aliphatic heterocycles. The minimum absolute atomic E-state index is 0.176. The SMILES string of the molecule is CCCCOc1cccc(C(=O)Nc2nc3ccccc3s2)c1. The quantitative estimate of drug-likeness (QED) is 0.666. The van der Waals surface area contributed by atoms with Crippen LogP contribution in [0.5, 0.6) is 5.75 Å². The van der Waals surface area contributed by atoms with E-state index in [0.717, 1.165) is 28.8 Å². The Kier molecular flexibility index (Phi) is 4.88. The summed E-state index contributed by atoms with van der Waals surface area (Å²) in [5, 5.41) is 3.46. The molecule has 3 aromatic rings. The third-order valence-electron chi connectivity index (χ3n) is 3.38. The standard InChI is InChI=1S/C18H18N2O2S/c1-2-3-11-22-14-8-6-7-13(12-14)17(21)20-18-19-15-9-4-5-10-16(15)23-18/h4-10,12H,2-3,11H2,1H3,(H,19,20,21). The van der Waals surface area contributed by atoms with Gasteiger partial charge in [-0.1, -0.05) is 42.9 Å². The van der Waals surface area contributed by atoms with Crippen molar-refractivity contribution in [2.45, 2.75) is 19.8 Å². The molecule has 0 fully saturated rings. The molecule has 4 nitrogen and oxygen atoms in total. The minimum Gasteiger partial charge on any atom is -0.494 e. The number of rotatable bonds is 6. The lowest BCUT2D eigenvalue weighted by Gasteiger charge is -2.07. The van der Waals surface area contributed by atoms with E-state index in [-0.39, 0.29) is 5.91 Å². The molecule has 1 amide bonds. The highest BCUT2D eigenvalue weighted by molar-refractivity contribution is 7.22. The van der Waals surface area contributed by atoms with Gasteiger partial charge in [0.2, 0.25) is 0 Å². The van der Waals surface area contributed by atoms with Crippen molar-refractivity contribution in [3.05, 3.63) is 54.1 Å². The fraction of sp³-hybridized carbons (Fsp3) is 0.222. The van der Waals surface area contributed by atoms with E-state index in [1.54, 1.807) is 12.1 Å². The number of aromatic nitrogens is 1. The second-order valence-electron chi connectivity index (χ2n) is 5.17. The molecule has 118 valence electrons. The fourth-order valence-electron chi connectivity index (χ4n) is 2.16. The van der Waals surface area contributed by atoms with Crippen LogP contribution in [0, 0.1) is 0 Å². The van der Waals surface area contributed by atoms with Crippen LogP contribution >= 0.6 is 11.3 Å². The number of nitrogens with zero attached hydrogens (tertiary/aromatic N) is 1. The van der Waals surface area contributed by atoms with Crippen LogP contribution in [0.1, 0.15) is 30.1 Å². The van der Waals surface area contributed by atoms with E-state index in [1.807, 2.05) is 36.4 Å². The first-order valence-corrected chi connectivity index (χ1v) is 8.47. The number of fused-ring (bicyclic) bond motifs is 1. The van der Waals surface area contributed by atoms with Crippen molar-refractivity contribution in [2.24, 2.45) is 0 Å². The van der Waals surface area contributed by atoms with Crippen molar-refractivity contribution >= 4 is 32.6 Å². The average Bonchev–Trinajstić information content (AvgIpc) is 2.97. The van der Waals surface area contributed by atoms with Gasteiger partial charge in [-0.15, -0.1) is 0 Å². The number of nitrogens with one attached hydrogen (secondary N) is 1. The molecule has 1 aromatic heterocycles. The van der Waals surface area contributed by atoms with Crippen LogP contribution in [-0.2, 0) is 0 Å². The van der Waals surface area contributed by atoms with E-state index in [2.05, 4.69) is 17.2 Å². The highest BCUT2D eigenvalue weighted by Gasteiger charge is 2.10. The predicted molar refractivity (Wildman–Crippen MR) is 94.4 cm³/mol. The molecule has 0 aliphatic rings. The van der Waals surface area contributed by atoms with Crippen molar-refractivity contribution in [1.29, 1.82) is 0 Å². The smallest absolute Gasteiger partial charge is 0.257 e. The Bertz CT molecular complexity index is 780. The summed E-state index contributed by atoms with van der Waals surface area (Å²) in [5.74, 6) is 0.542. The molecule has 0 spiro atoms. The number of ether oxygens (including phenoxy) is 1. The molecule has 0 saturated carbocycles. The Labute approximate surface area is 139 Å².